The second kappa shape index (κ2) is 7.73. The van der Waals surface area contributed by atoms with Crippen LogP contribution in [-0.4, -0.2) is 62.8 Å². The summed E-state index contributed by atoms with van der Waals surface area (Å²) >= 11 is 0. The number of hydrogen-bond acceptors (Lipinski definition) is 8. The van der Waals surface area contributed by atoms with Crippen molar-refractivity contribution in [1.82, 2.24) is 0 Å². The van der Waals surface area contributed by atoms with Gasteiger partial charge in [-0.2, -0.15) is 0 Å². The highest BCUT2D eigenvalue weighted by molar-refractivity contribution is 5.80. The molecule has 3 heterocycles. The summed E-state index contributed by atoms with van der Waals surface area (Å²) in [6, 6.07) is 0. The van der Waals surface area contributed by atoms with Gasteiger partial charge in [0.15, 0.2) is 0 Å². The molecule has 5 rings (SSSR count). The van der Waals surface area contributed by atoms with E-state index in [-0.39, 0.29) is 37.0 Å². The van der Waals surface area contributed by atoms with Gasteiger partial charge in [-0.15, -0.1) is 0 Å². The molecule has 0 spiro atoms. The molecule has 0 aromatic rings. The van der Waals surface area contributed by atoms with Crippen LogP contribution in [0.15, 0.2) is 23.7 Å². The fourth-order valence-corrected chi connectivity index (χ4v) is 7.02. The lowest BCUT2D eigenvalue weighted by Gasteiger charge is -2.59. The molecule has 2 saturated carbocycles. The van der Waals surface area contributed by atoms with Crippen molar-refractivity contribution >= 4 is 11.9 Å². The standard InChI is InChI=1S/C25H34O8/c1-22-14-24(3)18(22)16(6-10-32-24)28-8-5-9-29-17-7-11-33-25(4)15-23(2,19(17)25)21(27)31-13-12-30-20(22)26/h6-7,18-19H,5,8-15H2,1-4H3. The van der Waals surface area contributed by atoms with Gasteiger partial charge in [0, 0.05) is 6.42 Å². The van der Waals surface area contributed by atoms with Crippen LogP contribution in [0, 0.1) is 22.7 Å². The highest BCUT2D eigenvalue weighted by Crippen LogP contribution is 2.62. The van der Waals surface area contributed by atoms with Crippen LogP contribution >= 0.6 is 0 Å². The third-order valence-corrected chi connectivity index (χ3v) is 8.20. The third kappa shape index (κ3) is 3.40. The Hall–Kier alpha value is -2.06. The van der Waals surface area contributed by atoms with Crippen LogP contribution in [-0.2, 0) is 38.0 Å². The summed E-state index contributed by atoms with van der Waals surface area (Å²) in [6.45, 7) is 9.70. The second-order valence-corrected chi connectivity index (χ2v) is 10.8. The van der Waals surface area contributed by atoms with Crippen molar-refractivity contribution in [3.8, 4) is 0 Å². The Morgan fingerprint density at radius 1 is 0.667 bits per heavy atom. The summed E-state index contributed by atoms with van der Waals surface area (Å²) in [4.78, 5) is 26.0. The minimum atomic E-state index is -0.742. The maximum Gasteiger partial charge on any atom is 0.312 e. The molecule has 3 fully saturated rings. The van der Waals surface area contributed by atoms with Gasteiger partial charge in [-0.05, 0) is 52.7 Å². The fraction of sp³-hybridized carbons (Fsp3) is 0.760. The summed E-state index contributed by atoms with van der Waals surface area (Å²) in [5.74, 6) is 0.520. The van der Waals surface area contributed by atoms with Gasteiger partial charge in [-0.25, -0.2) is 0 Å². The van der Waals surface area contributed by atoms with Crippen molar-refractivity contribution in [3.63, 3.8) is 0 Å². The van der Waals surface area contributed by atoms with E-state index in [0.29, 0.717) is 45.7 Å². The minimum absolute atomic E-state index is 0.0120. The normalized spacial score (nSPS) is 45.6. The van der Waals surface area contributed by atoms with Crippen molar-refractivity contribution < 1.29 is 38.0 Å². The van der Waals surface area contributed by atoms with Crippen LogP contribution in [0.4, 0.5) is 0 Å². The average Bonchev–Trinajstić information content (AvgIpc) is 2.73. The van der Waals surface area contributed by atoms with Crippen molar-refractivity contribution in [2.75, 3.05) is 39.6 Å². The zero-order chi connectivity index (χ0) is 23.5. The Morgan fingerprint density at radius 2 is 1.09 bits per heavy atom. The van der Waals surface area contributed by atoms with E-state index in [9.17, 15) is 9.59 Å². The third-order valence-electron chi connectivity index (χ3n) is 8.20. The lowest BCUT2D eigenvalue weighted by Crippen LogP contribution is -2.65. The van der Waals surface area contributed by atoms with Crippen LogP contribution in [0.25, 0.3) is 0 Å². The van der Waals surface area contributed by atoms with Gasteiger partial charge in [-0.1, -0.05) is 0 Å². The Kier molecular flexibility index (Phi) is 5.32. The second-order valence-electron chi connectivity index (χ2n) is 10.8. The molecule has 6 atom stereocenters. The van der Waals surface area contributed by atoms with E-state index >= 15 is 0 Å². The molecule has 0 bridgehead atoms. The van der Waals surface area contributed by atoms with Crippen LogP contribution in [0.2, 0.25) is 0 Å². The summed E-state index contributed by atoms with van der Waals surface area (Å²) < 4.78 is 35.3. The summed E-state index contributed by atoms with van der Waals surface area (Å²) in [5.41, 5.74) is -2.38. The number of ether oxygens (including phenoxy) is 6. The maximum atomic E-state index is 13.0. The van der Waals surface area contributed by atoms with Crippen molar-refractivity contribution in [1.29, 1.82) is 0 Å². The zero-order valence-electron chi connectivity index (χ0n) is 19.9. The molecule has 0 aromatic carbocycles. The van der Waals surface area contributed by atoms with Crippen molar-refractivity contribution in [2.24, 2.45) is 22.7 Å². The van der Waals surface area contributed by atoms with Crippen LogP contribution in [0.1, 0.15) is 47.0 Å². The number of esters is 2. The van der Waals surface area contributed by atoms with Gasteiger partial charge < -0.3 is 28.4 Å². The van der Waals surface area contributed by atoms with E-state index in [2.05, 4.69) is 0 Å². The first kappa shape index (κ1) is 22.7. The molecule has 6 unspecified atom stereocenters. The highest BCUT2D eigenvalue weighted by Gasteiger charge is 2.68. The molecular weight excluding hydrogens is 428 g/mol. The molecule has 0 amide bonds. The topological polar surface area (TPSA) is 89.5 Å². The van der Waals surface area contributed by atoms with Crippen molar-refractivity contribution in [3.05, 3.63) is 23.7 Å². The largest absolute Gasteiger partial charge is 0.498 e. The van der Waals surface area contributed by atoms with E-state index in [1.807, 2.05) is 39.8 Å². The lowest BCUT2D eigenvalue weighted by atomic mass is 9.51. The molecule has 0 aromatic heterocycles. The number of carbonyl (C=O) groups is 2. The first-order valence-corrected chi connectivity index (χ1v) is 11.9. The van der Waals surface area contributed by atoms with E-state index in [1.54, 1.807) is 0 Å². The van der Waals surface area contributed by atoms with Crippen LogP contribution in [0.3, 0.4) is 0 Å². The summed E-state index contributed by atoms with van der Waals surface area (Å²) in [5, 5.41) is 0. The van der Waals surface area contributed by atoms with Gasteiger partial charge in [-0.3, -0.25) is 9.59 Å². The van der Waals surface area contributed by atoms with E-state index in [1.165, 1.54) is 0 Å². The van der Waals surface area contributed by atoms with Crippen LogP contribution in [0.5, 0.6) is 0 Å². The van der Waals surface area contributed by atoms with E-state index in [4.69, 9.17) is 28.4 Å². The fourth-order valence-electron chi connectivity index (χ4n) is 7.02. The SMILES string of the molecule is CC12CC3(C)C(=O)OCCOC(=O)C4(C)CC5(C)OCC=C(OCCCOC(=CCO1)C23)C54. The van der Waals surface area contributed by atoms with Gasteiger partial charge >= 0.3 is 11.9 Å². The summed E-state index contributed by atoms with van der Waals surface area (Å²) in [7, 11) is 0. The van der Waals surface area contributed by atoms with Gasteiger partial charge in [0.2, 0.25) is 0 Å². The minimum Gasteiger partial charge on any atom is -0.498 e. The molecule has 0 N–H and O–H groups in total. The Labute approximate surface area is 194 Å². The average molecular weight is 463 g/mol. The summed E-state index contributed by atoms with van der Waals surface area (Å²) in [6.07, 6.45) is 5.62. The highest BCUT2D eigenvalue weighted by atomic mass is 16.6. The Morgan fingerprint density at radius 3 is 1.52 bits per heavy atom. The number of rotatable bonds is 0. The quantitative estimate of drug-likeness (QED) is 0.508. The monoisotopic (exact) mass is 462 g/mol. The van der Waals surface area contributed by atoms with E-state index in [0.717, 1.165) is 11.5 Å². The molecule has 5 aliphatic rings. The van der Waals surface area contributed by atoms with Gasteiger partial charge in [0.1, 0.15) is 24.7 Å². The number of carbonyl (C=O) groups excluding carboxylic acids is 2. The number of hydrogen-bond donors (Lipinski definition) is 0. The van der Waals surface area contributed by atoms with Crippen LogP contribution < -0.4 is 0 Å². The Bertz CT molecular complexity index is 838. The first-order valence-electron chi connectivity index (χ1n) is 11.9. The number of cyclic esters (lactones) is 2. The predicted molar refractivity (Wildman–Crippen MR) is 116 cm³/mol. The van der Waals surface area contributed by atoms with Gasteiger partial charge in [0.05, 0.1) is 60.3 Å². The van der Waals surface area contributed by atoms with E-state index < -0.39 is 22.0 Å². The molecule has 0 radical (unpaired) electrons. The molecule has 1 saturated heterocycles. The first-order chi connectivity index (χ1) is 15.6. The molecule has 2 aliphatic carbocycles. The molecule has 8 heteroatoms. The smallest absolute Gasteiger partial charge is 0.312 e. The lowest BCUT2D eigenvalue weighted by molar-refractivity contribution is -0.229. The molecule has 33 heavy (non-hydrogen) atoms. The maximum absolute atomic E-state index is 13.0. The molecule has 182 valence electrons. The zero-order valence-corrected chi connectivity index (χ0v) is 19.9. The molecule has 8 nitrogen and oxygen atoms in total. The van der Waals surface area contributed by atoms with Crippen molar-refractivity contribution in [2.45, 2.75) is 58.2 Å². The molecule has 3 aliphatic heterocycles. The van der Waals surface area contributed by atoms with Gasteiger partial charge in [0.25, 0.3) is 0 Å². The predicted octanol–water partition coefficient (Wildman–Crippen LogP) is 2.91. The Balaban J connectivity index is 1.35. The molecular formula is C25H34O8.